The molecule has 0 aliphatic carbocycles. The van der Waals surface area contributed by atoms with E-state index in [9.17, 15) is 9.59 Å². The SMILES string of the molecule is CCOC(=O)OC1CSCN1C(=O)Cc1c(C)cc(C)cc1C. The molecule has 0 spiro atoms. The van der Waals surface area contributed by atoms with Gasteiger partial charge in [0.25, 0.3) is 0 Å². The van der Waals surface area contributed by atoms with E-state index in [4.69, 9.17) is 9.47 Å². The molecule has 1 amide bonds. The second-order valence-electron chi connectivity index (χ2n) is 5.67. The van der Waals surface area contributed by atoms with Gasteiger partial charge in [-0.05, 0) is 44.4 Å². The first-order chi connectivity index (χ1) is 10.9. The molecule has 1 saturated heterocycles. The summed E-state index contributed by atoms with van der Waals surface area (Å²) in [7, 11) is 0. The summed E-state index contributed by atoms with van der Waals surface area (Å²) < 4.78 is 10.0. The Morgan fingerprint density at radius 3 is 2.52 bits per heavy atom. The van der Waals surface area contributed by atoms with Gasteiger partial charge >= 0.3 is 6.16 Å². The van der Waals surface area contributed by atoms with Gasteiger partial charge in [0, 0.05) is 0 Å². The van der Waals surface area contributed by atoms with E-state index in [2.05, 4.69) is 12.1 Å². The Bertz CT molecular complexity index is 579. The van der Waals surface area contributed by atoms with Gasteiger partial charge in [0.05, 0.1) is 24.7 Å². The van der Waals surface area contributed by atoms with Crippen LogP contribution >= 0.6 is 11.8 Å². The second-order valence-corrected chi connectivity index (χ2v) is 6.67. The van der Waals surface area contributed by atoms with Gasteiger partial charge in [-0.2, -0.15) is 0 Å². The Balaban J connectivity index is 2.06. The monoisotopic (exact) mass is 337 g/mol. The first-order valence-corrected chi connectivity index (χ1v) is 8.85. The van der Waals surface area contributed by atoms with E-state index in [0.29, 0.717) is 18.1 Å². The van der Waals surface area contributed by atoms with E-state index in [-0.39, 0.29) is 12.5 Å². The van der Waals surface area contributed by atoms with Crippen LogP contribution in [0.5, 0.6) is 0 Å². The quantitative estimate of drug-likeness (QED) is 0.790. The molecule has 1 fully saturated rings. The Kier molecular flexibility index (Phi) is 5.93. The zero-order valence-electron chi connectivity index (χ0n) is 14.0. The number of benzene rings is 1. The zero-order valence-corrected chi connectivity index (χ0v) is 14.9. The molecule has 23 heavy (non-hydrogen) atoms. The number of hydrogen-bond donors (Lipinski definition) is 0. The van der Waals surface area contributed by atoms with E-state index in [1.807, 2.05) is 20.8 Å². The van der Waals surface area contributed by atoms with Crippen molar-refractivity contribution >= 4 is 23.8 Å². The van der Waals surface area contributed by atoms with E-state index < -0.39 is 12.4 Å². The summed E-state index contributed by atoms with van der Waals surface area (Å²) in [6, 6.07) is 4.17. The molecule has 2 rings (SSSR count). The molecule has 1 aromatic rings. The van der Waals surface area contributed by atoms with Crippen molar-refractivity contribution in [1.82, 2.24) is 4.90 Å². The van der Waals surface area contributed by atoms with Gasteiger partial charge in [-0.25, -0.2) is 4.79 Å². The van der Waals surface area contributed by atoms with E-state index >= 15 is 0 Å². The van der Waals surface area contributed by atoms with Crippen LogP contribution in [-0.2, 0) is 20.7 Å². The maximum absolute atomic E-state index is 12.6. The van der Waals surface area contributed by atoms with Crippen LogP contribution < -0.4 is 0 Å². The third-order valence-electron chi connectivity index (χ3n) is 3.82. The molecule has 1 aliphatic heterocycles. The molecule has 1 unspecified atom stereocenters. The van der Waals surface area contributed by atoms with Crippen LogP contribution in [0, 0.1) is 20.8 Å². The number of nitrogens with zero attached hydrogens (tertiary/aromatic N) is 1. The predicted molar refractivity (Wildman–Crippen MR) is 90.4 cm³/mol. The van der Waals surface area contributed by atoms with Gasteiger partial charge in [-0.1, -0.05) is 17.7 Å². The number of ether oxygens (including phenoxy) is 2. The lowest BCUT2D eigenvalue weighted by atomic mass is 9.97. The molecular formula is C17H23NO4S. The molecule has 6 heteroatoms. The number of hydrogen-bond acceptors (Lipinski definition) is 5. The normalized spacial score (nSPS) is 17.2. The van der Waals surface area contributed by atoms with Crippen LogP contribution in [0.25, 0.3) is 0 Å². The molecule has 0 saturated carbocycles. The predicted octanol–water partition coefficient (Wildman–Crippen LogP) is 3.19. The fourth-order valence-corrected chi connectivity index (χ4v) is 3.82. The lowest BCUT2D eigenvalue weighted by Gasteiger charge is -2.24. The Labute approximate surface area is 141 Å². The van der Waals surface area contributed by atoms with Crippen LogP contribution in [0.2, 0.25) is 0 Å². The average molecular weight is 337 g/mol. The van der Waals surface area contributed by atoms with Crippen LogP contribution in [0.1, 0.15) is 29.2 Å². The third-order valence-corrected chi connectivity index (χ3v) is 4.80. The molecule has 0 radical (unpaired) electrons. The number of carbonyl (C=O) groups is 2. The Morgan fingerprint density at radius 1 is 1.26 bits per heavy atom. The summed E-state index contributed by atoms with van der Waals surface area (Å²) in [6.07, 6.45) is -0.945. The van der Waals surface area contributed by atoms with Gasteiger partial charge < -0.3 is 9.47 Å². The maximum atomic E-state index is 12.6. The molecule has 5 nitrogen and oxygen atoms in total. The number of amides is 1. The minimum absolute atomic E-state index is 0.0284. The van der Waals surface area contributed by atoms with Crippen molar-refractivity contribution in [2.75, 3.05) is 18.2 Å². The minimum atomic E-state index is -0.722. The lowest BCUT2D eigenvalue weighted by Crippen LogP contribution is -2.40. The van der Waals surface area contributed by atoms with Crippen molar-refractivity contribution in [3.05, 3.63) is 34.4 Å². The highest BCUT2D eigenvalue weighted by atomic mass is 32.2. The van der Waals surface area contributed by atoms with Crippen molar-refractivity contribution in [2.45, 2.75) is 40.3 Å². The molecule has 0 N–H and O–H groups in total. The molecule has 1 aliphatic rings. The molecule has 1 heterocycles. The second kappa shape index (κ2) is 7.73. The van der Waals surface area contributed by atoms with E-state index in [1.165, 1.54) is 5.56 Å². The molecule has 126 valence electrons. The molecular weight excluding hydrogens is 314 g/mol. The van der Waals surface area contributed by atoms with Gasteiger partial charge in [0.15, 0.2) is 6.23 Å². The van der Waals surface area contributed by atoms with Crippen molar-refractivity contribution in [2.24, 2.45) is 0 Å². The fourth-order valence-electron chi connectivity index (χ4n) is 2.76. The average Bonchev–Trinajstić information content (AvgIpc) is 2.91. The number of rotatable bonds is 4. The van der Waals surface area contributed by atoms with Crippen molar-refractivity contribution in [3.8, 4) is 0 Å². The summed E-state index contributed by atoms with van der Waals surface area (Å²) in [5, 5.41) is 0. The van der Waals surface area contributed by atoms with Crippen molar-refractivity contribution < 1.29 is 19.1 Å². The van der Waals surface area contributed by atoms with Gasteiger partial charge in [0.1, 0.15) is 0 Å². The van der Waals surface area contributed by atoms with Gasteiger partial charge in [0.2, 0.25) is 5.91 Å². The molecule has 0 bridgehead atoms. The Morgan fingerprint density at radius 2 is 1.91 bits per heavy atom. The standard InChI is InChI=1S/C17H23NO4S/c1-5-21-17(20)22-16-9-23-10-18(16)15(19)8-14-12(3)6-11(2)7-13(14)4/h6-7,16H,5,8-10H2,1-4H3. The minimum Gasteiger partial charge on any atom is -0.435 e. The smallest absolute Gasteiger partial charge is 0.435 e. The number of aryl methyl sites for hydroxylation is 3. The summed E-state index contributed by atoms with van der Waals surface area (Å²) >= 11 is 1.57. The summed E-state index contributed by atoms with van der Waals surface area (Å²) in [4.78, 5) is 25.7. The molecule has 1 aromatic carbocycles. The third kappa shape index (κ3) is 4.41. The molecule has 1 atom stereocenters. The van der Waals surface area contributed by atoms with Crippen LogP contribution in [0.4, 0.5) is 4.79 Å². The Hall–Kier alpha value is -1.69. The van der Waals surface area contributed by atoms with Crippen molar-refractivity contribution in [1.29, 1.82) is 0 Å². The van der Waals surface area contributed by atoms with Crippen LogP contribution in [0.3, 0.4) is 0 Å². The first-order valence-electron chi connectivity index (χ1n) is 7.69. The van der Waals surface area contributed by atoms with E-state index in [1.54, 1.807) is 23.6 Å². The topological polar surface area (TPSA) is 55.8 Å². The summed E-state index contributed by atoms with van der Waals surface area (Å²) in [6.45, 7) is 8.07. The number of carbonyl (C=O) groups excluding carboxylic acids is 2. The highest BCUT2D eigenvalue weighted by Gasteiger charge is 2.32. The van der Waals surface area contributed by atoms with Crippen molar-refractivity contribution in [3.63, 3.8) is 0 Å². The lowest BCUT2D eigenvalue weighted by molar-refractivity contribution is -0.137. The highest BCUT2D eigenvalue weighted by Crippen LogP contribution is 2.25. The largest absolute Gasteiger partial charge is 0.510 e. The van der Waals surface area contributed by atoms with Gasteiger partial charge in [-0.3, -0.25) is 9.69 Å². The zero-order chi connectivity index (χ0) is 17.0. The summed E-state index contributed by atoms with van der Waals surface area (Å²) in [5.41, 5.74) is 4.47. The number of thioether (sulfide) groups is 1. The van der Waals surface area contributed by atoms with Crippen LogP contribution in [-0.4, -0.2) is 41.4 Å². The highest BCUT2D eigenvalue weighted by molar-refractivity contribution is 7.99. The van der Waals surface area contributed by atoms with E-state index in [0.717, 1.165) is 16.7 Å². The molecule has 0 aromatic heterocycles. The fraction of sp³-hybridized carbons (Fsp3) is 0.529. The first kappa shape index (κ1) is 17.7. The summed E-state index contributed by atoms with van der Waals surface area (Å²) in [5.74, 6) is 1.09. The van der Waals surface area contributed by atoms with Crippen LogP contribution in [0.15, 0.2) is 12.1 Å². The van der Waals surface area contributed by atoms with Gasteiger partial charge in [-0.15, -0.1) is 11.8 Å². The maximum Gasteiger partial charge on any atom is 0.510 e.